The minimum Gasteiger partial charge on any atom is -0.380 e. The number of hydrogen-bond acceptors (Lipinski definition) is 3. The maximum absolute atomic E-state index is 14.2. The van der Waals surface area contributed by atoms with Crippen LogP contribution in [0.3, 0.4) is 0 Å². The van der Waals surface area contributed by atoms with E-state index >= 15 is 0 Å². The summed E-state index contributed by atoms with van der Waals surface area (Å²) in [7, 11) is 3.53. The van der Waals surface area contributed by atoms with Gasteiger partial charge in [0.15, 0.2) is 5.82 Å². The Morgan fingerprint density at radius 1 is 0.969 bits per heavy atom. The van der Waals surface area contributed by atoms with Crippen molar-refractivity contribution in [2.24, 2.45) is 4.99 Å². The van der Waals surface area contributed by atoms with Crippen LogP contribution >= 0.6 is 0 Å². The van der Waals surface area contributed by atoms with Crippen LogP contribution in [0.2, 0.25) is 0 Å². The fourth-order valence-corrected chi connectivity index (χ4v) is 3.05. The second-order valence-electron chi connectivity index (χ2n) is 6.97. The zero-order chi connectivity index (χ0) is 23.3. The van der Waals surface area contributed by atoms with Gasteiger partial charge in [-0.2, -0.15) is 0 Å². The van der Waals surface area contributed by atoms with Crippen molar-refractivity contribution in [1.29, 1.82) is 0 Å². The van der Waals surface area contributed by atoms with Gasteiger partial charge in [-0.05, 0) is 42.8 Å². The van der Waals surface area contributed by atoms with E-state index in [4.69, 9.17) is 4.98 Å². The first-order valence-electron chi connectivity index (χ1n) is 10.9. The summed E-state index contributed by atoms with van der Waals surface area (Å²) in [6, 6.07) is 18.5. The number of nitrogens with zero attached hydrogens (tertiary/aromatic N) is 4. The molecule has 0 aliphatic heterocycles. The third-order valence-corrected chi connectivity index (χ3v) is 4.38. The molecule has 6 heteroatoms. The van der Waals surface area contributed by atoms with Crippen molar-refractivity contribution in [2.75, 3.05) is 14.1 Å². The number of rotatable bonds is 4. The highest BCUT2D eigenvalue weighted by atomic mass is 19.1. The number of aryl methyl sites for hydroxylation is 1. The standard InChI is InChI=1S/C20H16FN3.C3H8N2.C3H8/c1-2-14-8-7-13-24(14)20-16-10-4-6-12-18(16)22-19(23-20)15-9-3-5-11-17(15)21;1-4-3-5-2;1-3-2/h3-13H,2H2,1H3;3H,1-2H3,(H,4,5);3H2,1-2H3. The predicted octanol–water partition coefficient (Wildman–Crippen LogP) is 6.07. The Kier molecular flexibility index (Phi) is 10.0. The highest BCUT2D eigenvalue weighted by molar-refractivity contribution is 5.87. The molecule has 0 radical (unpaired) electrons. The molecule has 1 N–H and O–H groups in total. The summed E-state index contributed by atoms with van der Waals surface area (Å²) in [5.41, 5.74) is 2.37. The number of benzene rings is 2. The number of para-hydroxylation sites is 1. The summed E-state index contributed by atoms with van der Waals surface area (Å²) in [6.45, 7) is 6.35. The Balaban J connectivity index is 0.000000395. The van der Waals surface area contributed by atoms with E-state index in [1.165, 1.54) is 12.5 Å². The molecular weight excluding hydrogens is 401 g/mol. The van der Waals surface area contributed by atoms with Gasteiger partial charge in [0.25, 0.3) is 0 Å². The molecule has 2 aromatic heterocycles. The van der Waals surface area contributed by atoms with Gasteiger partial charge in [0, 0.05) is 31.4 Å². The lowest BCUT2D eigenvalue weighted by Crippen LogP contribution is -2.04. The maximum Gasteiger partial charge on any atom is 0.165 e. The first kappa shape index (κ1) is 24.7. The molecule has 0 bridgehead atoms. The fraction of sp³-hybridized carbons (Fsp3) is 0.269. The van der Waals surface area contributed by atoms with Gasteiger partial charge in [-0.15, -0.1) is 0 Å². The van der Waals surface area contributed by atoms with Gasteiger partial charge in [-0.3, -0.25) is 4.99 Å². The van der Waals surface area contributed by atoms with Gasteiger partial charge < -0.3 is 9.88 Å². The van der Waals surface area contributed by atoms with E-state index < -0.39 is 0 Å². The van der Waals surface area contributed by atoms with Gasteiger partial charge in [0.05, 0.1) is 17.4 Å². The number of hydrogen-bond donors (Lipinski definition) is 1. The second-order valence-corrected chi connectivity index (χ2v) is 6.97. The van der Waals surface area contributed by atoms with Gasteiger partial charge in [0.1, 0.15) is 11.6 Å². The summed E-state index contributed by atoms with van der Waals surface area (Å²) in [5, 5.41) is 3.67. The smallest absolute Gasteiger partial charge is 0.165 e. The number of aliphatic imine (C=N–C) groups is 1. The molecule has 4 aromatic rings. The first-order valence-corrected chi connectivity index (χ1v) is 10.9. The van der Waals surface area contributed by atoms with E-state index in [0.717, 1.165) is 28.8 Å². The first-order chi connectivity index (χ1) is 15.6. The highest BCUT2D eigenvalue weighted by Crippen LogP contribution is 2.26. The molecule has 0 saturated heterocycles. The van der Waals surface area contributed by atoms with E-state index in [0.29, 0.717) is 11.4 Å². The lowest BCUT2D eigenvalue weighted by atomic mass is 10.1. The number of aromatic nitrogens is 3. The molecule has 4 rings (SSSR count). The average molecular weight is 434 g/mol. The summed E-state index contributed by atoms with van der Waals surface area (Å²) in [6.07, 6.45) is 5.75. The Labute approximate surface area is 190 Å². The molecular formula is C26H32FN5. The van der Waals surface area contributed by atoms with E-state index in [2.05, 4.69) is 42.1 Å². The molecule has 2 heterocycles. The van der Waals surface area contributed by atoms with E-state index in [9.17, 15) is 4.39 Å². The summed E-state index contributed by atoms with van der Waals surface area (Å²) in [5.74, 6) is 0.861. The molecule has 168 valence electrons. The van der Waals surface area contributed by atoms with E-state index in [1.807, 2.05) is 48.1 Å². The molecule has 5 nitrogen and oxygen atoms in total. The summed E-state index contributed by atoms with van der Waals surface area (Å²) < 4.78 is 16.3. The van der Waals surface area contributed by atoms with Gasteiger partial charge >= 0.3 is 0 Å². The molecule has 0 atom stereocenters. The van der Waals surface area contributed by atoms with Crippen LogP contribution in [-0.2, 0) is 6.42 Å². The van der Waals surface area contributed by atoms with Crippen molar-refractivity contribution in [2.45, 2.75) is 33.6 Å². The largest absolute Gasteiger partial charge is 0.380 e. The number of halogens is 1. The van der Waals surface area contributed by atoms with Crippen molar-refractivity contribution < 1.29 is 4.39 Å². The second kappa shape index (κ2) is 13.0. The minimum absolute atomic E-state index is 0.318. The minimum atomic E-state index is -0.318. The third kappa shape index (κ3) is 6.23. The Morgan fingerprint density at radius 2 is 1.66 bits per heavy atom. The molecule has 0 aliphatic carbocycles. The van der Waals surface area contributed by atoms with Crippen molar-refractivity contribution in [3.05, 3.63) is 78.4 Å². The molecule has 0 spiro atoms. The molecule has 0 aliphatic rings. The predicted molar refractivity (Wildman–Crippen MR) is 133 cm³/mol. The molecule has 0 saturated carbocycles. The van der Waals surface area contributed by atoms with Crippen LogP contribution in [0.5, 0.6) is 0 Å². The van der Waals surface area contributed by atoms with Crippen LogP contribution in [0.25, 0.3) is 28.1 Å². The third-order valence-electron chi connectivity index (χ3n) is 4.38. The zero-order valence-electron chi connectivity index (χ0n) is 19.5. The molecule has 2 aromatic carbocycles. The van der Waals surface area contributed by atoms with Crippen molar-refractivity contribution >= 4 is 17.2 Å². The van der Waals surface area contributed by atoms with Crippen LogP contribution in [0.4, 0.5) is 4.39 Å². The molecule has 0 unspecified atom stereocenters. The summed E-state index contributed by atoms with van der Waals surface area (Å²) >= 11 is 0. The zero-order valence-corrected chi connectivity index (χ0v) is 19.5. The quantitative estimate of drug-likeness (QED) is 0.314. The van der Waals surface area contributed by atoms with Crippen molar-refractivity contribution in [1.82, 2.24) is 19.9 Å². The number of fused-ring (bicyclic) bond motifs is 1. The van der Waals surface area contributed by atoms with Crippen molar-refractivity contribution in [3.8, 4) is 17.2 Å². The summed E-state index contributed by atoms with van der Waals surface area (Å²) in [4.78, 5) is 12.9. The van der Waals surface area contributed by atoms with E-state index in [-0.39, 0.29) is 5.82 Å². The van der Waals surface area contributed by atoms with Crippen LogP contribution < -0.4 is 5.32 Å². The molecule has 0 fully saturated rings. The Morgan fingerprint density at radius 3 is 2.28 bits per heavy atom. The van der Waals surface area contributed by atoms with Crippen LogP contribution in [0.15, 0.2) is 71.9 Å². The Hall–Kier alpha value is -3.54. The van der Waals surface area contributed by atoms with E-state index in [1.54, 1.807) is 31.6 Å². The van der Waals surface area contributed by atoms with Crippen LogP contribution in [0.1, 0.15) is 32.9 Å². The average Bonchev–Trinajstić information content (AvgIpc) is 3.29. The highest BCUT2D eigenvalue weighted by Gasteiger charge is 2.14. The lowest BCUT2D eigenvalue weighted by molar-refractivity contribution is 0.630. The monoisotopic (exact) mass is 433 g/mol. The van der Waals surface area contributed by atoms with Gasteiger partial charge in [-0.1, -0.05) is 51.5 Å². The normalized spacial score (nSPS) is 10.3. The lowest BCUT2D eigenvalue weighted by Gasteiger charge is -2.12. The van der Waals surface area contributed by atoms with Crippen LogP contribution in [-0.4, -0.2) is 35.0 Å². The van der Waals surface area contributed by atoms with Gasteiger partial charge in [0.2, 0.25) is 0 Å². The number of nitrogens with one attached hydrogen (secondary N) is 1. The maximum atomic E-state index is 14.2. The molecule has 32 heavy (non-hydrogen) atoms. The van der Waals surface area contributed by atoms with Gasteiger partial charge in [-0.25, -0.2) is 14.4 Å². The van der Waals surface area contributed by atoms with Crippen molar-refractivity contribution in [3.63, 3.8) is 0 Å². The topological polar surface area (TPSA) is 55.1 Å². The Bertz CT molecular complexity index is 1130. The molecule has 0 amide bonds. The van der Waals surface area contributed by atoms with Crippen LogP contribution in [0, 0.1) is 5.82 Å². The fourth-order valence-electron chi connectivity index (χ4n) is 3.05. The SMILES string of the molecule is CCC.CCc1cccn1-c1nc(-c2ccccc2F)nc2ccccc12.CN=CNC.